The minimum atomic E-state index is -3.35. The van der Waals surface area contributed by atoms with Crippen LogP contribution >= 0.6 is 15.9 Å². The fourth-order valence-electron chi connectivity index (χ4n) is 1.83. The lowest BCUT2D eigenvalue weighted by Crippen LogP contribution is -2.05. The van der Waals surface area contributed by atoms with Gasteiger partial charge in [0.2, 0.25) is 0 Å². The van der Waals surface area contributed by atoms with Crippen LogP contribution in [0.1, 0.15) is 15.9 Å². The van der Waals surface area contributed by atoms with E-state index in [-0.39, 0.29) is 10.7 Å². The second-order valence-corrected chi connectivity index (χ2v) is 7.34. The molecule has 0 aromatic heterocycles. The Morgan fingerprint density at radius 1 is 1.14 bits per heavy atom. The molecule has 110 valence electrons. The van der Waals surface area contributed by atoms with Crippen molar-refractivity contribution in [3.8, 4) is 5.75 Å². The van der Waals surface area contributed by atoms with Gasteiger partial charge in [0.1, 0.15) is 5.75 Å². The minimum absolute atomic E-state index is 0.123. The Morgan fingerprint density at radius 3 is 2.43 bits per heavy atom. The largest absolute Gasteiger partial charge is 0.497 e. The fraction of sp³-hybridized carbons (Fsp3) is 0.133. The fourth-order valence-corrected chi connectivity index (χ4v) is 3.04. The third-order valence-corrected chi connectivity index (χ3v) is 4.71. The van der Waals surface area contributed by atoms with Crippen LogP contribution in [0, 0.1) is 0 Å². The maximum Gasteiger partial charge on any atom is 0.194 e. The second-order valence-electron chi connectivity index (χ2n) is 4.47. The minimum Gasteiger partial charge on any atom is -0.497 e. The van der Waals surface area contributed by atoms with Crippen molar-refractivity contribution in [1.29, 1.82) is 0 Å². The number of rotatable bonds is 4. The van der Waals surface area contributed by atoms with Crippen LogP contribution < -0.4 is 4.74 Å². The number of benzene rings is 2. The Morgan fingerprint density at radius 2 is 1.86 bits per heavy atom. The number of carbonyl (C=O) groups excluding carboxylic acids is 1. The van der Waals surface area contributed by atoms with Crippen LogP contribution in [0.15, 0.2) is 51.8 Å². The molecule has 0 aliphatic heterocycles. The molecule has 2 rings (SSSR count). The highest BCUT2D eigenvalue weighted by Gasteiger charge is 2.16. The van der Waals surface area contributed by atoms with Gasteiger partial charge in [-0.1, -0.05) is 12.1 Å². The summed E-state index contributed by atoms with van der Waals surface area (Å²) in [6, 6.07) is 11.0. The van der Waals surface area contributed by atoms with Gasteiger partial charge in [0, 0.05) is 21.9 Å². The molecule has 2 aromatic rings. The number of hydrogen-bond donors (Lipinski definition) is 0. The van der Waals surface area contributed by atoms with Gasteiger partial charge >= 0.3 is 0 Å². The van der Waals surface area contributed by atoms with E-state index in [4.69, 9.17) is 4.74 Å². The first-order chi connectivity index (χ1) is 9.82. The van der Waals surface area contributed by atoms with Crippen molar-refractivity contribution in [1.82, 2.24) is 0 Å². The molecule has 0 saturated heterocycles. The van der Waals surface area contributed by atoms with Crippen LogP contribution in [0.3, 0.4) is 0 Å². The molecule has 0 aliphatic rings. The number of hydrogen-bond acceptors (Lipinski definition) is 4. The predicted molar refractivity (Wildman–Crippen MR) is 83.7 cm³/mol. The summed E-state index contributed by atoms with van der Waals surface area (Å²) >= 11 is 3.32. The lowest BCUT2D eigenvalue weighted by Gasteiger charge is -2.07. The monoisotopic (exact) mass is 368 g/mol. The van der Waals surface area contributed by atoms with Gasteiger partial charge in [0.15, 0.2) is 15.6 Å². The normalized spacial score (nSPS) is 11.2. The average molecular weight is 369 g/mol. The van der Waals surface area contributed by atoms with Crippen molar-refractivity contribution in [3.63, 3.8) is 0 Å². The average Bonchev–Trinajstić information content (AvgIpc) is 2.45. The Labute approximate surface area is 131 Å². The summed E-state index contributed by atoms with van der Waals surface area (Å²) in [5.74, 6) is 0.373. The standard InChI is InChI=1S/C15H13BrO4S/c1-20-11-6-7-13(14(16)9-11)15(17)10-4-3-5-12(8-10)21(2,18)19/h3-9H,1-2H3. The van der Waals surface area contributed by atoms with E-state index in [2.05, 4.69) is 15.9 Å². The van der Waals surface area contributed by atoms with Gasteiger partial charge in [-0.3, -0.25) is 4.79 Å². The van der Waals surface area contributed by atoms with Crippen molar-refractivity contribution in [3.05, 3.63) is 58.1 Å². The molecule has 0 radical (unpaired) electrons. The number of ketones is 1. The van der Waals surface area contributed by atoms with Crippen LogP contribution in [0.25, 0.3) is 0 Å². The first-order valence-corrected chi connectivity index (χ1v) is 8.69. The first kappa shape index (κ1) is 15.7. The molecule has 0 atom stereocenters. The zero-order valence-electron chi connectivity index (χ0n) is 11.5. The van der Waals surface area contributed by atoms with Gasteiger partial charge in [0.05, 0.1) is 12.0 Å². The molecule has 0 amide bonds. The molecule has 0 aliphatic carbocycles. The highest BCUT2D eigenvalue weighted by molar-refractivity contribution is 9.10. The van der Waals surface area contributed by atoms with Crippen LogP contribution in [-0.4, -0.2) is 27.6 Å². The Bertz CT molecular complexity index is 797. The predicted octanol–water partition coefficient (Wildman–Crippen LogP) is 3.09. The summed E-state index contributed by atoms with van der Waals surface area (Å²) in [4.78, 5) is 12.6. The number of halogens is 1. The molecule has 0 fully saturated rings. The van der Waals surface area contributed by atoms with E-state index < -0.39 is 9.84 Å². The first-order valence-electron chi connectivity index (χ1n) is 6.01. The number of carbonyl (C=O) groups is 1. The van der Waals surface area contributed by atoms with Crippen molar-refractivity contribution < 1.29 is 17.9 Å². The van der Waals surface area contributed by atoms with Gasteiger partial charge in [0.25, 0.3) is 0 Å². The van der Waals surface area contributed by atoms with Gasteiger partial charge in [-0.05, 0) is 46.3 Å². The molecule has 21 heavy (non-hydrogen) atoms. The number of ether oxygens (including phenoxy) is 1. The van der Waals surface area contributed by atoms with Crippen LogP contribution in [0.5, 0.6) is 5.75 Å². The highest BCUT2D eigenvalue weighted by atomic mass is 79.9. The SMILES string of the molecule is COc1ccc(C(=O)c2cccc(S(C)(=O)=O)c2)c(Br)c1. The van der Waals surface area contributed by atoms with E-state index in [1.54, 1.807) is 37.4 Å². The van der Waals surface area contributed by atoms with Crippen LogP contribution in [0.2, 0.25) is 0 Å². The molecule has 0 unspecified atom stereocenters. The maximum absolute atomic E-state index is 12.5. The van der Waals surface area contributed by atoms with Crippen molar-refractivity contribution >= 4 is 31.6 Å². The molecular weight excluding hydrogens is 356 g/mol. The van der Waals surface area contributed by atoms with Crippen molar-refractivity contribution in [2.45, 2.75) is 4.90 Å². The van der Waals surface area contributed by atoms with Crippen molar-refractivity contribution in [2.75, 3.05) is 13.4 Å². The molecule has 2 aromatic carbocycles. The van der Waals surface area contributed by atoms with Crippen LogP contribution in [-0.2, 0) is 9.84 Å². The molecule has 6 heteroatoms. The topological polar surface area (TPSA) is 60.4 Å². The van der Waals surface area contributed by atoms with Crippen molar-refractivity contribution in [2.24, 2.45) is 0 Å². The van der Waals surface area contributed by atoms with Crippen LogP contribution in [0.4, 0.5) is 0 Å². The lowest BCUT2D eigenvalue weighted by molar-refractivity contribution is 0.103. The van der Waals surface area contributed by atoms with Gasteiger partial charge in [-0.2, -0.15) is 0 Å². The van der Waals surface area contributed by atoms with E-state index in [1.807, 2.05) is 0 Å². The zero-order valence-corrected chi connectivity index (χ0v) is 13.9. The molecule has 0 N–H and O–H groups in total. The lowest BCUT2D eigenvalue weighted by atomic mass is 10.0. The number of methoxy groups -OCH3 is 1. The Hall–Kier alpha value is -1.66. The summed E-state index contributed by atoms with van der Waals surface area (Å²) in [6.45, 7) is 0. The number of sulfone groups is 1. The quantitative estimate of drug-likeness (QED) is 0.778. The van der Waals surface area contributed by atoms with E-state index in [9.17, 15) is 13.2 Å². The van der Waals surface area contributed by atoms with Gasteiger partial charge < -0.3 is 4.74 Å². The summed E-state index contributed by atoms with van der Waals surface area (Å²) in [5, 5.41) is 0. The maximum atomic E-state index is 12.5. The molecule has 0 bridgehead atoms. The zero-order chi connectivity index (χ0) is 15.6. The molecular formula is C15H13BrO4S. The Balaban J connectivity index is 2.46. The van der Waals surface area contributed by atoms with E-state index in [0.717, 1.165) is 6.26 Å². The third kappa shape index (κ3) is 3.51. The molecule has 0 saturated carbocycles. The molecule has 4 nitrogen and oxygen atoms in total. The summed E-state index contributed by atoms with van der Waals surface area (Å²) < 4.78 is 28.8. The van der Waals surface area contributed by atoms with Gasteiger partial charge in [-0.15, -0.1) is 0 Å². The summed E-state index contributed by atoms with van der Waals surface area (Å²) in [6.07, 6.45) is 1.11. The molecule has 0 spiro atoms. The highest BCUT2D eigenvalue weighted by Crippen LogP contribution is 2.25. The summed E-state index contributed by atoms with van der Waals surface area (Å²) in [7, 11) is -1.81. The van der Waals surface area contributed by atoms with E-state index in [1.165, 1.54) is 12.1 Å². The third-order valence-electron chi connectivity index (χ3n) is 2.95. The van der Waals surface area contributed by atoms with E-state index >= 15 is 0 Å². The van der Waals surface area contributed by atoms with E-state index in [0.29, 0.717) is 21.3 Å². The second kappa shape index (κ2) is 5.99. The summed E-state index contributed by atoms with van der Waals surface area (Å²) in [5.41, 5.74) is 0.769. The van der Waals surface area contributed by atoms with Gasteiger partial charge in [-0.25, -0.2) is 8.42 Å². The Kier molecular flexibility index (Phi) is 4.49. The smallest absolute Gasteiger partial charge is 0.194 e. The molecule has 0 heterocycles.